The molecule has 2 rings (SSSR count). The number of rotatable bonds is 5. The average molecular weight is 288 g/mol. The lowest BCUT2D eigenvalue weighted by molar-refractivity contribution is -0.130. The van der Waals surface area contributed by atoms with Gasteiger partial charge in [-0.2, -0.15) is 5.10 Å². The van der Waals surface area contributed by atoms with Crippen molar-refractivity contribution in [3.8, 4) is 0 Å². The quantitative estimate of drug-likeness (QED) is 0.816. The molecule has 0 aliphatic carbocycles. The molecule has 104 valence electrons. The summed E-state index contributed by atoms with van der Waals surface area (Å²) >= 11 is 5.05. The first-order valence-corrected chi connectivity index (χ1v) is 6.57. The molecule has 0 aliphatic heterocycles. The molecule has 0 radical (unpaired) electrons. The summed E-state index contributed by atoms with van der Waals surface area (Å²) in [5.41, 5.74) is 7.48. The Labute approximate surface area is 122 Å². The minimum Gasteiger partial charge on any atom is -0.392 e. The number of thiocarbonyl (C=S) groups is 1. The van der Waals surface area contributed by atoms with Crippen LogP contribution in [0, 0.1) is 0 Å². The van der Waals surface area contributed by atoms with E-state index in [2.05, 4.69) is 10.2 Å². The van der Waals surface area contributed by atoms with Crippen LogP contribution in [0.3, 0.4) is 0 Å². The molecular weight excluding hydrogens is 272 g/mol. The lowest BCUT2D eigenvalue weighted by Gasteiger charge is -2.23. The lowest BCUT2D eigenvalue weighted by atomic mass is 9.97. The van der Waals surface area contributed by atoms with E-state index in [-0.39, 0.29) is 10.9 Å². The van der Waals surface area contributed by atoms with Crippen molar-refractivity contribution in [3.63, 3.8) is 0 Å². The predicted octanol–water partition coefficient (Wildman–Crippen LogP) is 1.44. The van der Waals surface area contributed by atoms with Gasteiger partial charge >= 0.3 is 0 Å². The van der Waals surface area contributed by atoms with Gasteiger partial charge in [0.2, 0.25) is 5.91 Å². The summed E-state index contributed by atoms with van der Waals surface area (Å²) < 4.78 is 0. The number of aromatic nitrogens is 2. The number of benzene rings is 1. The van der Waals surface area contributed by atoms with Crippen molar-refractivity contribution in [1.29, 1.82) is 0 Å². The Morgan fingerprint density at radius 1 is 1.45 bits per heavy atom. The minimum absolute atomic E-state index is 0.120. The van der Waals surface area contributed by atoms with Crippen molar-refractivity contribution in [3.05, 3.63) is 53.9 Å². The molecule has 2 aromatic rings. The molecule has 1 amide bonds. The zero-order valence-electron chi connectivity index (χ0n) is 11.1. The van der Waals surface area contributed by atoms with Gasteiger partial charge in [0.05, 0.1) is 11.2 Å². The lowest BCUT2D eigenvalue weighted by Crippen LogP contribution is -2.37. The molecule has 1 aromatic carbocycles. The second kappa shape index (κ2) is 6.29. The van der Waals surface area contributed by atoms with Crippen LogP contribution in [-0.2, 0) is 11.3 Å². The first-order chi connectivity index (χ1) is 9.59. The van der Waals surface area contributed by atoms with Crippen LogP contribution in [0.5, 0.6) is 0 Å². The van der Waals surface area contributed by atoms with E-state index in [9.17, 15) is 4.79 Å². The SMILES string of the molecule is CN(Cc1cn[nH]c1)C(=O)C(C(N)=S)c1ccccc1. The molecule has 20 heavy (non-hydrogen) atoms. The molecule has 0 saturated carbocycles. The number of carbonyl (C=O) groups is 1. The second-order valence-electron chi connectivity index (χ2n) is 4.55. The highest BCUT2D eigenvalue weighted by Gasteiger charge is 2.26. The average Bonchev–Trinajstić information content (AvgIpc) is 2.92. The van der Waals surface area contributed by atoms with Gasteiger partial charge in [0.15, 0.2) is 0 Å². The van der Waals surface area contributed by atoms with Gasteiger partial charge < -0.3 is 10.6 Å². The van der Waals surface area contributed by atoms with E-state index in [1.807, 2.05) is 30.3 Å². The Bertz CT molecular complexity index is 582. The normalized spacial score (nSPS) is 11.8. The number of hydrogen-bond donors (Lipinski definition) is 2. The zero-order chi connectivity index (χ0) is 14.5. The van der Waals surface area contributed by atoms with E-state index in [4.69, 9.17) is 18.0 Å². The molecule has 1 atom stereocenters. The number of nitrogens with one attached hydrogen (secondary N) is 1. The van der Waals surface area contributed by atoms with Crippen LogP contribution in [0.2, 0.25) is 0 Å². The number of aromatic amines is 1. The summed E-state index contributed by atoms with van der Waals surface area (Å²) in [6.07, 6.45) is 3.43. The third-order valence-electron chi connectivity index (χ3n) is 3.02. The van der Waals surface area contributed by atoms with Crippen LogP contribution in [0.15, 0.2) is 42.7 Å². The smallest absolute Gasteiger partial charge is 0.237 e. The molecule has 0 spiro atoms. The molecular formula is C14H16N4OS. The number of likely N-dealkylation sites (N-methyl/N-ethyl adjacent to an activating group) is 1. The largest absolute Gasteiger partial charge is 0.392 e. The number of hydrogen-bond acceptors (Lipinski definition) is 3. The van der Waals surface area contributed by atoms with Crippen LogP contribution in [0.4, 0.5) is 0 Å². The molecule has 3 N–H and O–H groups in total. The van der Waals surface area contributed by atoms with Crippen molar-refractivity contribution < 1.29 is 4.79 Å². The van der Waals surface area contributed by atoms with Gasteiger partial charge in [-0.3, -0.25) is 9.89 Å². The minimum atomic E-state index is -0.594. The zero-order valence-corrected chi connectivity index (χ0v) is 11.9. The van der Waals surface area contributed by atoms with Crippen LogP contribution < -0.4 is 5.73 Å². The highest BCUT2D eigenvalue weighted by atomic mass is 32.1. The van der Waals surface area contributed by atoms with E-state index in [1.165, 1.54) is 0 Å². The van der Waals surface area contributed by atoms with E-state index in [0.29, 0.717) is 6.54 Å². The summed E-state index contributed by atoms with van der Waals surface area (Å²) in [5.74, 6) is -0.715. The summed E-state index contributed by atoms with van der Waals surface area (Å²) in [4.78, 5) is 14.3. The summed E-state index contributed by atoms with van der Waals surface area (Å²) in [6.45, 7) is 0.460. The van der Waals surface area contributed by atoms with Crippen molar-refractivity contribution in [1.82, 2.24) is 15.1 Å². The van der Waals surface area contributed by atoms with Gasteiger partial charge in [0.25, 0.3) is 0 Å². The Balaban J connectivity index is 2.17. The standard InChI is InChI=1S/C14H16N4OS/c1-18(9-10-7-16-17-8-10)14(19)12(13(15)20)11-5-3-2-4-6-11/h2-8,12H,9H2,1H3,(H2,15,20)(H,16,17). The van der Waals surface area contributed by atoms with Gasteiger partial charge in [-0.15, -0.1) is 0 Å². The first kappa shape index (κ1) is 14.2. The molecule has 0 bridgehead atoms. The molecule has 0 fully saturated rings. The molecule has 5 nitrogen and oxygen atoms in total. The Morgan fingerprint density at radius 3 is 2.70 bits per heavy atom. The number of amides is 1. The predicted molar refractivity (Wildman–Crippen MR) is 81.0 cm³/mol. The van der Waals surface area contributed by atoms with Crippen LogP contribution >= 0.6 is 12.2 Å². The van der Waals surface area contributed by atoms with E-state index >= 15 is 0 Å². The van der Waals surface area contributed by atoms with Gasteiger partial charge in [0, 0.05) is 25.4 Å². The second-order valence-corrected chi connectivity index (χ2v) is 5.02. The molecule has 1 aromatic heterocycles. The van der Waals surface area contributed by atoms with E-state index in [1.54, 1.807) is 24.3 Å². The maximum absolute atomic E-state index is 12.5. The monoisotopic (exact) mass is 288 g/mol. The molecule has 0 aliphatic rings. The number of H-pyrrole nitrogens is 1. The third-order valence-corrected chi connectivity index (χ3v) is 3.25. The van der Waals surface area contributed by atoms with Gasteiger partial charge in [-0.25, -0.2) is 0 Å². The van der Waals surface area contributed by atoms with Crippen LogP contribution in [0.25, 0.3) is 0 Å². The number of carbonyl (C=O) groups excluding carboxylic acids is 1. The van der Waals surface area contributed by atoms with Crippen LogP contribution in [-0.4, -0.2) is 33.0 Å². The highest BCUT2D eigenvalue weighted by Crippen LogP contribution is 2.19. The molecule has 1 heterocycles. The fourth-order valence-corrected chi connectivity index (χ4v) is 2.25. The van der Waals surface area contributed by atoms with E-state index in [0.717, 1.165) is 11.1 Å². The fourth-order valence-electron chi connectivity index (χ4n) is 2.01. The molecule has 1 unspecified atom stereocenters. The highest BCUT2D eigenvalue weighted by molar-refractivity contribution is 7.80. The van der Waals surface area contributed by atoms with Gasteiger partial charge in [-0.05, 0) is 5.56 Å². The maximum Gasteiger partial charge on any atom is 0.237 e. The first-order valence-electron chi connectivity index (χ1n) is 6.16. The number of nitrogens with two attached hydrogens (primary N) is 1. The Hall–Kier alpha value is -2.21. The Morgan fingerprint density at radius 2 is 2.15 bits per heavy atom. The van der Waals surface area contributed by atoms with Crippen molar-refractivity contribution in [2.45, 2.75) is 12.5 Å². The third kappa shape index (κ3) is 3.21. The topological polar surface area (TPSA) is 75.0 Å². The summed E-state index contributed by atoms with van der Waals surface area (Å²) in [7, 11) is 1.73. The fraction of sp³-hybridized carbons (Fsp3) is 0.214. The maximum atomic E-state index is 12.5. The van der Waals surface area contributed by atoms with Crippen molar-refractivity contribution in [2.75, 3.05) is 7.05 Å². The van der Waals surface area contributed by atoms with Crippen molar-refractivity contribution >= 4 is 23.1 Å². The molecule has 6 heteroatoms. The Kier molecular flexibility index (Phi) is 4.47. The van der Waals surface area contributed by atoms with Crippen LogP contribution in [0.1, 0.15) is 17.0 Å². The summed E-state index contributed by atoms with van der Waals surface area (Å²) in [6, 6.07) is 9.33. The van der Waals surface area contributed by atoms with Crippen molar-refractivity contribution in [2.24, 2.45) is 5.73 Å². The molecule has 0 saturated heterocycles. The number of nitrogens with zero attached hydrogens (tertiary/aromatic N) is 2. The summed E-state index contributed by atoms with van der Waals surface area (Å²) in [5, 5.41) is 6.58. The van der Waals surface area contributed by atoms with Gasteiger partial charge in [-0.1, -0.05) is 42.5 Å². The van der Waals surface area contributed by atoms with Gasteiger partial charge in [0.1, 0.15) is 5.92 Å². The van der Waals surface area contributed by atoms with E-state index < -0.39 is 5.92 Å².